The lowest BCUT2D eigenvalue weighted by Crippen LogP contribution is -2.41. The molecule has 0 fully saturated rings. The summed E-state index contributed by atoms with van der Waals surface area (Å²) in [7, 11) is 0. The van der Waals surface area contributed by atoms with Gasteiger partial charge < -0.3 is 10.0 Å². The van der Waals surface area contributed by atoms with Crippen LogP contribution in [0.3, 0.4) is 0 Å². The zero-order valence-electron chi connectivity index (χ0n) is 12.4. The van der Waals surface area contributed by atoms with E-state index in [1.807, 2.05) is 11.0 Å². The molecule has 108 valence electrons. The SMILES string of the molecule is CCc1cc(C(=O)N(CCO)C(CC)CC)sc1C. The molecular weight excluding hydrogens is 258 g/mol. The Morgan fingerprint density at radius 2 is 2.00 bits per heavy atom. The topological polar surface area (TPSA) is 40.5 Å². The highest BCUT2D eigenvalue weighted by atomic mass is 32.1. The molecule has 1 rings (SSSR count). The molecular formula is C15H25NO2S. The third-order valence-electron chi connectivity index (χ3n) is 3.60. The van der Waals surface area contributed by atoms with Crippen molar-refractivity contribution in [1.82, 2.24) is 4.90 Å². The number of amides is 1. The fourth-order valence-electron chi connectivity index (χ4n) is 2.40. The summed E-state index contributed by atoms with van der Waals surface area (Å²) < 4.78 is 0. The number of rotatable bonds is 7. The summed E-state index contributed by atoms with van der Waals surface area (Å²) >= 11 is 1.57. The highest BCUT2D eigenvalue weighted by Gasteiger charge is 2.23. The van der Waals surface area contributed by atoms with Crippen molar-refractivity contribution in [2.75, 3.05) is 13.2 Å². The van der Waals surface area contributed by atoms with Gasteiger partial charge in [-0.2, -0.15) is 0 Å². The molecule has 0 aliphatic rings. The Balaban J connectivity index is 2.97. The van der Waals surface area contributed by atoms with Crippen LogP contribution < -0.4 is 0 Å². The first kappa shape index (κ1) is 16.2. The fourth-order valence-corrected chi connectivity index (χ4v) is 3.47. The number of aliphatic hydroxyl groups is 1. The zero-order valence-corrected chi connectivity index (χ0v) is 13.2. The molecule has 3 nitrogen and oxygen atoms in total. The van der Waals surface area contributed by atoms with Crippen LogP contribution in [0.1, 0.15) is 53.7 Å². The van der Waals surface area contributed by atoms with Crippen molar-refractivity contribution in [3.05, 3.63) is 21.4 Å². The van der Waals surface area contributed by atoms with E-state index in [9.17, 15) is 9.90 Å². The Bertz CT molecular complexity index is 410. The van der Waals surface area contributed by atoms with Crippen LogP contribution in [0, 0.1) is 6.92 Å². The molecule has 0 atom stereocenters. The smallest absolute Gasteiger partial charge is 0.264 e. The average molecular weight is 283 g/mol. The Hall–Kier alpha value is -0.870. The van der Waals surface area contributed by atoms with Crippen molar-refractivity contribution >= 4 is 17.2 Å². The Kier molecular flexibility index (Phi) is 6.52. The molecule has 1 N–H and O–H groups in total. The van der Waals surface area contributed by atoms with Gasteiger partial charge in [-0.05, 0) is 37.8 Å². The van der Waals surface area contributed by atoms with Gasteiger partial charge in [-0.15, -0.1) is 11.3 Å². The van der Waals surface area contributed by atoms with Crippen LogP contribution in [-0.2, 0) is 6.42 Å². The van der Waals surface area contributed by atoms with Crippen molar-refractivity contribution < 1.29 is 9.90 Å². The van der Waals surface area contributed by atoms with Crippen LogP contribution in [0.15, 0.2) is 6.07 Å². The van der Waals surface area contributed by atoms with Gasteiger partial charge in [-0.25, -0.2) is 0 Å². The Morgan fingerprint density at radius 3 is 2.42 bits per heavy atom. The number of thiophene rings is 1. The minimum atomic E-state index is 0.0211. The summed E-state index contributed by atoms with van der Waals surface area (Å²) in [6.07, 6.45) is 2.81. The van der Waals surface area contributed by atoms with E-state index in [1.165, 1.54) is 10.4 Å². The number of carbonyl (C=O) groups is 1. The van der Waals surface area contributed by atoms with Gasteiger partial charge in [0.1, 0.15) is 0 Å². The first-order valence-corrected chi connectivity index (χ1v) is 7.91. The van der Waals surface area contributed by atoms with Gasteiger partial charge in [-0.3, -0.25) is 4.79 Å². The molecule has 0 unspecified atom stereocenters. The van der Waals surface area contributed by atoms with Gasteiger partial charge in [-0.1, -0.05) is 20.8 Å². The van der Waals surface area contributed by atoms with E-state index in [1.54, 1.807) is 11.3 Å². The van der Waals surface area contributed by atoms with Crippen molar-refractivity contribution in [1.29, 1.82) is 0 Å². The van der Waals surface area contributed by atoms with Crippen LogP contribution in [0.2, 0.25) is 0 Å². The van der Waals surface area contributed by atoms with Gasteiger partial charge in [0.05, 0.1) is 11.5 Å². The predicted octanol–water partition coefficient (Wildman–Crippen LogP) is 3.24. The van der Waals surface area contributed by atoms with E-state index < -0.39 is 0 Å². The van der Waals surface area contributed by atoms with Crippen LogP contribution in [-0.4, -0.2) is 35.1 Å². The van der Waals surface area contributed by atoms with E-state index in [4.69, 9.17) is 0 Å². The number of nitrogens with zero attached hydrogens (tertiary/aromatic N) is 1. The normalized spacial score (nSPS) is 11.1. The lowest BCUT2D eigenvalue weighted by Gasteiger charge is -2.29. The highest BCUT2D eigenvalue weighted by molar-refractivity contribution is 7.14. The number of aryl methyl sites for hydroxylation is 2. The van der Waals surface area contributed by atoms with Crippen molar-refractivity contribution in [2.24, 2.45) is 0 Å². The number of carbonyl (C=O) groups excluding carboxylic acids is 1. The maximum Gasteiger partial charge on any atom is 0.264 e. The van der Waals surface area contributed by atoms with Gasteiger partial charge in [0, 0.05) is 17.5 Å². The molecule has 0 spiro atoms. The summed E-state index contributed by atoms with van der Waals surface area (Å²) in [4.78, 5) is 16.4. The van der Waals surface area contributed by atoms with Gasteiger partial charge in [0.25, 0.3) is 5.91 Å². The Labute approximate surface area is 120 Å². The molecule has 0 aliphatic carbocycles. The number of hydrogen-bond donors (Lipinski definition) is 1. The average Bonchev–Trinajstić information content (AvgIpc) is 2.79. The van der Waals surface area contributed by atoms with E-state index in [0.29, 0.717) is 6.54 Å². The minimum absolute atomic E-state index is 0.0211. The van der Waals surface area contributed by atoms with E-state index in [-0.39, 0.29) is 18.6 Å². The molecule has 1 aromatic rings. The number of hydrogen-bond acceptors (Lipinski definition) is 3. The molecule has 0 saturated carbocycles. The molecule has 1 heterocycles. The zero-order chi connectivity index (χ0) is 14.4. The summed E-state index contributed by atoms with van der Waals surface area (Å²) in [6, 6.07) is 2.22. The van der Waals surface area contributed by atoms with Crippen molar-refractivity contribution in [3.8, 4) is 0 Å². The summed E-state index contributed by atoms with van der Waals surface area (Å²) in [5, 5.41) is 9.19. The van der Waals surface area contributed by atoms with Crippen LogP contribution in [0.5, 0.6) is 0 Å². The molecule has 19 heavy (non-hydrogen) atoms. The summed E-state index contributed by atoms with van der Waals surface area (Å²) in [6.45, 7) is 8.78. The fraction of sp³-hybridized carbons (Fsp3) is 0.667. The third-order valence-corrected chi connectivity index (χ3v) is 4.68. The number of aliphatic hydroxyl groups excluding tert-OH is 1. The van der Waals surface area contributed by atoms with E-state index >= 15 is 0 Å². The standard InChI is InChI=1S/C15H25NO2S/c1-5-12-10-14(19-11(12)4)15(18)16(8-9-17)13(6-2)7-3/h10,13,17H,5-9H2,1-4H3. The predicted molar refractivity (Wildman–Crippen MR) is 80.9 cm³/mol. The quantitative estimate of drug-likeness (QED) is 0.834. The largest absolute Gasteiger partial charge is 0.395 e. The molecule has 4 heteroatoms. The van der Waals surface area contributed by atoms with Crippen LogP contribution in [0.25, 0.3) is 0 Å². The van der Waals surface area contributed by atoms with Crippen molar-refractivity contribution in [2.45, 2.75) is 53.0 Å². The van der Waals surface area contributed by atoms with Crippen LogP contribution >= 0.6 is 11.3 Å². The van der Waals surface area contributed by atoms with Crippen LogP contribution in [0.4, 0.5) is 0 Å². The molecule has 1 aromatic heterocycles. The second-order valence-electron chi connectivity index (χ2n) is 4.74. The lowest BCUT2D eigenvalue weighted by atomic mass is 10.1. The maximum absolute atomic E-state index is 12.6. The summed E-state index contributed by atoms with van der Waals surface area (Å²) in [5.74, 6) is 0.0653. The molecule has 0 radical (unpaired) electrons. The molecule has 0 saturated heterocycles. The minimum Gasteiger partial charge on any atom is -0.395 e. The molecule has 0 aromatic carbocycles. The van der Waals surface area contributed by atoms with Gasteiger partial charge in [0.2, 0.25) is 0 Å². The molecule has 0 bridgehead atoms. The summed E-state index contributed by atoms with van der Waals surface area (Å²) in [5.41, 5.74) is 1.25. The van der Waals surface area contributed by atoms with Gasteiger partial charge >= 0.3 is 0 Å². The molecule has 1 amide bonds. The second-order valence-corrected chi connectivity index (χ2v) is 5.99. The van der Waals surface area contributed by atoms with E-state index in [2.05, 4.69) is 27.7 Å². The second kappa shape index (κ2) is 7.65. The third kappa shape index (κ3) is 3.80. The maximum atomic E-state index is 12.6. The molecule has 0 aliphatic heterocycles. The highest BCUT2D eigenvalue weighted by Crippen LogP contribution is 2.24. The van der Waals surface area contributed by atoms with Crippen molar-refractivity contribution in [3.63, 3.8) is 0 Å². The first-order chi connectivity index (χ1) is 9.08. The van der Waals surface area contributed by atoms with Gasteiger partial charge in [0.15, 0.2) is 0 Å². The lowest BCUT2D eigenvalue weighted by molar-refractivity contribution is 0.0627. The first-order valence-electron chi connectivity index (χ1n) is 7.10. The van der Waals surface area contributed by atoms with E-state index in [0.717, 1.165) is 24.1 Å². The Morgan fingerprint density at radius 1 is 1.37 bits per heavy atom. The monoisotopic (exact) mass is 283 g/mol.